The summed E-state index contributed by atoms with van der Waals surface area (Å²) in [5, 5.41) is 13.2. The predicted octanol–water partition coefficient (Wildman–Crippen LogP) is 2.30. The second-order valence-corrected chi connectivity index (χ2v) is 6.33. The van der Waals surface area contributed by atoms with Crippen molar-refractivity contribution in [1.29, 1.82) is 0 Å². The molecular formula is C15H20ClNO3. The van der Waals surface area contributed by atoms with E-state index in [0.717, 1.165) is 5.56 Å². The number of aryl methyl sites for hydroxylation is 1. The number of aliphatic hydroxyl groups excluding tert-OH is 1. The smallest absolute Gasteiger partial charge is 0.258 e. The zero-order valence-corrected chi connectivity index (χ0v) is 12.7. The highest BCUT2D eigenvalue weighted by molar-refractivity contribution is 6.30. The number of nitrogens with one attached hydrogen (secondary N) is 1. The van der Waals surface area contributed by atoms with Gasteiger partial charge in [-0.25, -0.2) is 0 Å². The number of carbonyl (C=O) groups is 1. The number of benzene rings is 1. The summed E-state index contributed by atoms with van der Waals surface area (Å²) in [5.74, 6) is 0.474. The van der Waals surface area contributed by atoms with Crippen LogP contribution in [0.3, 0.4) is 0 Å². The van der Waals surface area contributed by atoms with Crippen LogP contribution in [0.5, 0.6) is 5.75 Å². The molecule has 0 aromatic heterocycles. The van der Waals surface area contributed by atoms with Crippen molar-refractivity contribution in [2.24, 2.45) is 5.41 Å². The van der Waals surface area contributed by atoms with Crippen LogP contribution < -0.4 is 10.1 Å². The van der Waals surface area contributed by atoms with Crippen LogP contribution in [0.25, 0.3) is 0 Å². The minimum Gasteiger partial charge on any atom is -0.484 e. The fraction of sp³-hybridized carbons (Fsp3) is 0.533. The summed E-state index contributed by atoms with van der Waals surface area (Å²) in [6.45, 7) is 5.72. The first-order valence-corrected chi connectivity index (χ1v) is 7.05. The van der Waals surface area contributed by atoms with E-state index in [2.05, 4.69) is 5.32 Å². The molecule has 1 aromatic rings. The van der Waals surface area contributed by atoms with Crippen molar-refractivity contribution >= 4 is 17.5 Å². The first kappa shape index (κ1) is 15.1. The van der Waals surface area contributed by atoms with Gasteiger partial charge in [-0.05, 0) is 37.1 Å². The Kier molecular flexibility index (Phi) is 4.25. The molecule has 0 saturated heterocycles. The maximum Gasteiger partial charge on any atom is 0.258 e. The van der Waals surface area contributed by atoms with Gasteiger partial charge in [0.1, 0.15) is 5.75 Å². The molecule has 5 heteroatoms. The van der Waals surface area contributed by atoms with Crippen molar-refractivity contribution in [2.45, 2.75) is 39.3 Å². The average molecular weight is 298 g/mol. The quantitative estimate of drug-likeness (QED) is 0.896. The van der Waals surface area contributed by atoms with Crippen LogP contribution in [0.4, 0.5) is 0 Å². The molecule has 2 atom stereocenters. The highest BCUT2D eigenvalue weighted by Gasteiger charge is 2.47. The molecule has 1 amide bonds. The summed E-state index contributed by atoms with van der Waals surface area (Å²) in [4.78, 5) is 11.8. The average Bonchev–Trinajstić information content (AvgIpc) is 2.37. The van der Waals surface area contributed by atoms with Crippen LogP contribution in [-0.4, -0.2) is 29.8 Å². The third kappa shape index (κ3) is 3.07. The summed E-state index contributed by atoms with van der Waals surface area (Å²) < 4.78 is 5.48. The normalized spacial score (nSPS) is 23.9. The fourth-order valence-electron chi connectivity index (χ4n) is 2.30. The minimum atomic E-state index is -0.354. The molecule has 0 spiro atoms. The SMILES string of the molecule is Cc1cc(Cl)ccc1OCC(=O)NC1CC(O)C1(C)C. The predicted molar refractivity (Wildman–Crippen MR) is 78.0 cm³/mol. The number of hydrogen-bond acceptors (Lipinski definition) is 3. The topological polar surface area (TPSA) is 58.6 Å². The van der Waals surface area contributed by atoms with E-state index in [1.165, 1.54) is 0 Å². The highest BCUT2D eigenvalue weighted by atomic mass is 35.5. The largest absolute Gasteiger partial charge is 0.484 e. The van der Waals surface area contributed by atoms with Crippen molar-refractivity contribution in [3.8, 4) is 5.75 Å². The van der Waals surface area contributed by atoms with Gasteiger partial charge in [0.2, 0.25) is 0 Å². The summed E-state index contributed by atoms with van der Waals surface area (Å²) in [7, 11) is 0. The highest BCUT2D eigenvalue weighted by Crippen LogP contribution is 2.40. The Labute approximate surface area is 124 Å². The molecule has 0 heterocycles. The molecule has 1 aromatic carbocycles. The molecular weight excluding hydrogens is 278 g/mol. The van der Waals surface area contributed by atoms with Gasteiger partial charge < -0.3 is 15.2 Å². The first-order valence-electron chi connectivity index (χ1n) is 6.67. The van der Waals surface area contributed by atoms with E-state index in [0.29, 0.717) is 17.2 Å². The lowest BCUT2D eigenvalue weighted by atomic mass is 9.64. The van der Waals surface area contributed by atoms with Gasteiger partial charge in [0.15, 0.2) is 6.61 Å². The summed E-state index contributed by atoms with van der Waals surface area (Å²) in [6, 6.07) is 5.27. The molecule has 2 N–H and O–H groups in total. The summed E-state index contributed by atoms with van der Waals surface area (Å²) >= 11 is 5.86. The van der Waals surface area contributed by atoms with E-state index in [9.17, 15) is 9.90 Å². The number of aliphatic hydroxyl groups is 1. The van der Waals surface area contributed by atoms with Gasteiger partial charge in [-0.3, -0.25) is 4.79 Å². The standard InChI is InChI=1S/C15H20ClNO3/c1-9-6-10(16)4-5-11(9)20-8-14(19)17-12-7-13(18)15(12,2)3/h4-6,12-13,18H,7-8H2,1-3H3,(H,17,19). The first-order chi connectivity index (χ1) is 9.30. The lowest BCUT2D eigenvalue weighted by molar-refractivity contribution is -0.131. The van der Waals surface area contributed by atoms with Gasteiger partial charge in [0.25, 0.3) is 5.91 Å². The molecule has 0 radical (unpaired) electrons. The Morgan fingerprint density at radius 1 is 1.55 bits per heavy atom. The molecule has 1 fully saturated rings. The summed E-state index contributed by atoms with van der Waals surface area (Å²) in [6.07, 6.45) is 0.242. The lowest BCUT2D eigenvalue weighted by Crippen LogP contribution is -2.61. The minimum absolute atomic E-state index is 0.0000789. The van der Waals surface area contributed by atoms with Crippen LogP contribution in [0.1, 0.15) is 25.8 Å². The van der Waals surface area contributed by atoms with Crippen molar-refractivity contribution < 1.29 is 14.6 Å². The Hall–Kier alpha value is -1.26. The van der Waals surface area contributed by atoms with Crippen LogP contribution >= 0.6 is 11.6 Å². The van der Waals surface area contributed by atoms with Crippen molar-refractivity contribution in [3.63, 3.8) is 0 Å². The zero-order valence-electron chi connectivity index (χ0n) is 11.9. The van der Waals surface area contributed by atoms with Crippen LogP contribution in [0.15, 0.2) is 18.2 Å². The van der Waals surface area contributed by atoms with E-state index >= 15 is 0 Å². The molecule has 1 aliphatic rings. The van der Waals surface area contributed by atoms with Gasteiger partial charge in [0.05, 0.1) is 6.10 Å². The van der Waals surface area contributed by atoms with E-state index in [-0.39, 0.29) is 30.1 Å². The maximum absolute atomic E-state index is 11.8. The van der Waals surface area contributed by atoms with Gasteiger partial charge in [0, 0.05) is 16.5 Å². The van der Waals surface area contributed by atoms with Crippen molar-refractivity contribution in [1.82, 2.24) is 5.32 Å². The van der Waals surface area contributed by atoms with E-state index in [1.54, 1.807) is 18.2 Å². The summed E-state index contributed by atoms with van der Waals surface area (Å²) in [5.41, 5.74) is 0.621. The number of carbonyl (C=O) groups excluding carboxylic acids is 1. The number of ether oxygens (including phenoxy) is 1. The van der Waals surface area contributed by atoms with Crippen LogP contribution in [-0.2, 0) is 4.79 Å². The number of amides is 1. The zero-order chi connectivity index (χ0) is 14.9. The Balaban J connectivity index is 1.84. The van der Waals surface area contributed by atoms with Crippen molar-refractivity contribution in [2.75, 3.05) is 6.61 Å². The fourth-order valence-corrected chi connectivity index (χ4v) is 2.53. The van der Waals surface area contributed by atoms with E-state index in [4.69, 9.17) is 16.3 Å². The molecule has 0 aliphatic heterocycles. The van der Waals surface area contributed by atoms with Gasteiger partial charge in [-0.2, -0.15) is 0 Å². The molecule has 1 aliphatic carbocycles. The Morgan fingerprint density at radius 2 is 2.25 bits per heavy atom. The molecule has 4 nitrogen and oxygen atoms in total. The number of hydrogen-bond donors (Lipinski definition) is 2. The number of rotatable bonds is 4. The van der Waals surface area contributed by atoms with Crippen molar-refractivity contribution in [3.05, 3.63) is 28.8 Å². The molecule has 2 unspecified atom stereocenters. The Bertz CT molecular complexity index is 516. The van der Waals surface area contributed by atoms with Gasteiger partial charge in [-0.1, -0.05) is 25.4 Å². The number of halogens is 1. The van der Waals surface area contributed by atoms with Gasteiger partial charge in [-0.15, -0.1) is 0 Å². The molecule has 20 heavy (non-hydrogen) atoms. The monoisotopic (exact) mass is 297 g/mol. The van der Waals surface area contributed by atoms with Gasteiger partial charge >= 0.3 is 0 Å². The maximum atomic E-state index is 11.8. The molecule has 0 bridgehead atoms. The third-order valence-corrected chi connectivity index (χ3v) is 4.28. The van der Waals surface area contributed by atoms with E-state index < -0.39 is 0 Å². The van der Waals surface area contributed by atoms with Crippen LogP contribution in [0, 0.1) is 12.3 Å². The lowest BCUT2D eigenvalue weighted by Gasteiger charge is -2.49. The van der Waals surface area contributed by atoms with Crippen LogP contribution in [0.2, 0.25) is 5.02 Å². The molecule has 1 saturated carbocycles. The van der Waals surface area contributed by atoms with E-state index in [1.807, 2.05) is 20.8 Å². The Morgan fingerprint density at radius 3 is 2.80 bits per heavy atom. The second kappa shape index (κ2) is 5.62. The molecule has 110 valence electrons. The second-order valence-electron chi connectivity index (χ2n) is 5.89. The molecule has 2 rings (SSSR count). The third-order valence-electron chi connectivity index (χ3n) is 4.05.